The van der Waals surface area contributed by atoms with Crippen molar-refractivity contribution in [3.63, 3.8) is 0 Å². The molecule has 0 aromatic heterocycles. The number of carboxylic acid groups (broad SMARTS) is 1. The molecule has 1 aromatic carbocycles. The van der Waals surface area contributed by atoms with Gasteiger partial charge in [-0.05, 0) is 84.5 Å². The summed E-state index contributed by atoms with van der Waals surface area (Å²) in [6.45, 7) is 2.23. The number of aliphatic hydroxyl groups is 1. The van der Waals surface area contributed by atoms with Crippen LogP contribution in [0.1, 0.15) is 68.4 Å². The van der Waals surface area contributed by atoms with Gasteiger partial charge in [0.25, 0.3) is 0 Å². The van der Waals surface area contributed by atoms with E-state index >= 15 is 0 Å². The van der Waals surface area contributed by atoms with E-state index in [9.17, 15) is 20.1 Å². The third kappa shape index (κ3) is 2.26. The molecule has 0 heterocycles. The first kappa shape index (κ1) is 15.9. The standard InChI is InChI=1S/C20H26O4/c1-20-7-6-14-13-3-2-12(21)10-15(13)11(9-19(23)24)8-16(14)17(20)4-5-18(20)22/h2-3,10-11,14,16-18,21-22H,4-9H2,1H3,(H,23,24)/t11?,14-,16-,17+,18-,20+/m1/s1. The second-order valence-corrected chi connectivity index (χ2v) is 8.36. The molecule has 2 fully saturated rings. The lowest BCUT2D eigenvalue weighted by Gasteiger charge is -2.51. The fourth-order valence-electron chi connectivity index (χ4n) is 6.09. The first-order valence-electron chi connectivity index (χ1n) is 9.13. The van der Waals surface area contributed by atoms with Crippen molar-refractivity contribution in [1.82, 2.24) is 0 Å². The van der Waals surface area contributed by atoms with Gasteiger partial charge in [0.05, 0.1) is 12.5 Å². The van der Waals surface area contributed by atoms with Crippen LogP contribution in [0.2, 0.25) is 0 Å². The second kappa shape index (κ2) is 5.48. The predicted octanol–water partition coefficient (Wildman–Crippen LogP) is 3.63. The highest BCUT2D eigenvalue weighted by atomic mass is 16.4. The Hall–Kier alpha value is -1.55. The lowest BCUT2D eigenvalue weighted by Crippen LogP contribution is -2.44. The Bertz CT molecular complexity index is 670. The Morgan fingerprint density at radius 2 is 2.04 bits per heavy atom. The number of phenols is 1. The van der Waals surface area contributed by atoms with E-state index in [1.54, 1.807) is 12.1 Å². The van der Waals surface area contributed by atoms with Gasteiger partial charge in [-0.3, -0.25) is 4.79 Å². The molecule has 0 radical (unpaired) electrons. The van der Waals surface area contributed by atoms with Crippen LogP contribution in [0, 0.1) is 17.3 Å². The van der Waals surface area contributed by atoms with Gasteiger partial charge >= 0.3 is 5.97 Å². The molecule has 0 spiro atoms. The first-order chi connectivity index (χ1) is 11.4. The summed E-state index contributed by atoms with van der Waals surface area (Å²) in [6, 6.07) is 5.51. The molecular weight excluding hydrogens is 304 g/mol. The van der Waals surface area contributed by atoms with E-state index in [0.717, 1.165) is 37.7 Å². The van der Waals surface area contributed by atoms with Crippen LogP contribution in [0.3, 0.4) is 0 Å². The minimum atomic E-state index is -0.780. The van der Waals surface area contributed by atoms with Crippen molar-refractivity contribution in [2.75, 3.05) is 0 Å². The number of benzene rings is 1. The number of carboxylic acids is 1. The van der Waals surface area contributed by atoms with E-state index < -0.39 is 5.97 Å². The molecule has 4 heteroatoms. The molecule has 0 saturated heterocycles. The second-order valence-electron chi connectivity index (χ2n) is 8.36. The number of phenolic OH excluding ortho intramolecular Hbond substituents is 1. The van der Waals surface area contributed by atoms with Crippen molar-refractivity contribution >= 4 is 5.97 Å². The van der Waals surface area contributed by atoms with Crippen molar-refractivity contribution in [1.29, 1.82) is 0 Å². The number of aromatic hydroxyl groups is 1. The lowest BCUT2D eigenvalue weighted by molar-refractivity contribution is -0.137. The Balaban J connectivity index is 1.75. The minimum absolute atomic E-state index is 0.0106. The number of hydrogen-bond donors (Lipinski definition) is 3. The van der Waals surface area contributed by atoms with E-state index in [4.69, 9.17) is 0 Å². The van der Waals surface area contributed by atoms with E-state index in [1.165, 1.54) is 5.56 Å². The van der Waals surface area contributed by atoms with Crippen molar-refractivity contribution in [2.24, 2.45) is 17.3 Å². The van der Waals surface area contributed by atoms with Crippen molar-refractivity contribution in [3.05, 3.63) is 29.3 Å². The quantitative estimate of drug-likeness (QED) is 0.774. The highest BCUT2D eigenvalue weighted by Gasteiger charge is 2.55. The van der Waals surface area contributed by atoms with Crippen LogP contribution >= 0.6 is 0 Å². The van der Waals surface area contributed by atoms with Crippen LogP contribution in [0.5, 0.6) is 5.75 Å². The van der Waals surface area contributed by atoms with Gasteiger partial charge in [-0.15, -0.1) is 0 Å². The number of carbonyl (C=O) groups is 1. The SMILES string of the molecule is C[C@]12CC[C@@H]3c4ccc(O)cc4C(CC(=O)O)C[C@H]3[C@@H]1CC[C@H]2O. The van der Waals surface area contributed by atoms with Gasteiger partial charge in [0.2, 0.25) is 0 Å². The Labute approximate surface area is 142 Å². The number of hydrogen-bond acceptors (Lipinski definition) is 3. The molecule has 6 atom stereocenters. The Kier molecular flexibility index (Phi) is 3.64. The van der Waals surface area contributed by atoms with Crippen LogP contribution in [0.4, 0.5) is 0 Å². The zero-order valence-electron chi connectivity index (χ0n) is 14.1. The third-order valence-electron chi connectivity index (χ3n) is 7.27. The number of aliphatic hydroxyl groups excluding tert-OH is 1. The summed E-state index contributed by atoms with van der Waals surface area (Å²) >= 11 is 0. The molecule has 0 amide bonds. The summed E-state index contributed by atoms with van der Waals surface area (Å²) in [6.07, 6.45) is 4.76. The highest BCUT2D eigenvalue weighted by molar-refractivity contribution is 5.68. The molecule has 1 aromatic rings. The summed E-state index contributed by atoms with van der Waals surface area (Å²) in [5.74, 6) is 0.768. The molecule has 4 rings (SSSR count). The Morgan fingerprint density at radius 3 is 2.79 bits per heavy atom. The Morgan fingerprint density at radius 1 is 1.25 bits per heavy atom. The molecule has 2 saturated carbocycles. The van der Waals surface area contributed by atoms with E-state index in [2.05, 4.69) is 6.92 Å². The molecule has 24 heavy (non-hydrogen) atoms. The smallest absolute Gasteiger partial charge is 0.303 e. The van der Waals surface area contributed by atoms with Crippen molar-refractivity contribution in [2.45, 2.75) is 63.4 Å². The number of aliphatic carboxylic acids is 1. The molecule has 3 N–H and O–H groups in total. The van der Waals surface area contributed by atoms with Crippen LogP contribution in [-0.4, -0.2) is 27.4 Å². The van der Waals surface area contributed by atoms with Gasteiger partial charge < -0.3 is 15.3 Å². The van der Waals surface area contributed by atoms with Gasteiger partial charge in [0, 0.05) is 0 Å². The third-order valence-corrected chi connectivity index (χ3v) is 7.27. The van der Waals surface area contributed by atoms with Crippen molar-refractivity contribution < 1.29 is 20.1 Å². The summed E-state index contributed by atoms with van der Waals surface area (Å²) in [7, 11) is 0. The zero-order valence-corrected chi connectivity index (χ0v) is 14.1. The topological polar surface area (TPSA) is 77.8 Å². The largest absolute Gasteiger partial charge is 0.508 e. The van der Waals surface area contributed by atoms with Crippen LogP contribution in [-0.2, 0) is 4.79 Å². The van der Waals surface area contributed by atoms with Gasteiger partial charge in [-0.1, -0.05) is 13.0 Å². The molecule has 1 unspecified atom stereocenters. The summed E-state index contributed by atoms with van der Waals surface area (Å²) in [5, 5.41) is 29.7. The van der Waals surface area contributed by atoms with Crippen LogP contribution < -0.4 is 0 Å². The number of rotatable bonds is 2. The average Bonchev–Trinajstić information content (AvgIpc) is 2.83. The number of fused-ring (bicyclic) bond motifs is 5. The summed E-state index contributed by atoms with van der Waals surface area (Å²) < 4.78 is 0. The fourth-order valence-corrected chi connectivity index (χ4v) is 6.09. The van der Waals surface area contributed by atoms with Gasteiger partial charge in [-0.2, -0.15) is 0 Å². The van der Waals surface area contributed by atoms with Gasteiger partial charge in [0.1, 0.15) is 5.75 Å². The molecule has 0 aliphatic heterocycles. The monoisotopic (exact) mass is 330 g/mol. The van der Waals surface area contributed by atoms with E-state index in [0.29, 0.717) is 17.8 Å². The molecule has 3 aliphatic rings. The van der Waals surface area contributed by atoms with Gasteiger partial charge in [-0.25, -0.2) is 0 Å². The normalized spacial score (nSPS) is 40.5. The lowest BCUT2D eigenvalue weighted by atomic mass is 9.53. The van der Waals surface area contributed by atoms with Crippen LogP contribution in [0.25, 0.3) is 0 Å². The summed E-state index contributed by atoms with van der Waals surface area (Å²) in [4.78, 5) is 11.4. The first-order valence-corrected chi connectivity index (χ1v) is 9.13. The fraction of sp³-hybridized carbons (Fsp3) is 0.650. The average molecular weight is 330 g/mol. The predicted molar refractivity (Wildman–Crippen MR) is 90.0 cm³/mol. The molecule has 0 bridgehead atoms. The van der Waals surface area contributed by atoms with Crippen molar-refractivity contribution in [3.8, 4) is 5.75 Å². The molecule has 3 aliphatic carbocycles. The highest BCUT2D eigenvalue weighted by Crippen LogP contribution is 2.62. The molecule has 130 valence electrons. The zero-order chi connectivity index (χ0) is 17.1. The van der Waals surface area contributed by atoms with E-state index in [-0.39, 0.29) is 29.6 Å². The minimum Gasteiger partial charge on any atom is -0.508 e. The molecule has 4 nitrogen and oxygen atoms in total. The summed E-state index contributed by atoms with van der Waals surface area (Å²) in [5.41, 5.74) is 2.25. The van der Waals surface area contributed by atoms with Gasteiger partial charge in [0.15, 0.2) is 0 Å². The maximum absolute atomic E-state index is 11.4. The molecular formula is C20H26O4. The van der Waals surface area contributed by atoms with Crippen LogP contribution in [0.15, 0.2) is 18.2 Å². The maximum atomic E-state index is 11.4. The maximum Gasteiger partial charge on any atom is 0.303 e. The van der Waals surface area contributed by atoms with E-state index in [1.807, 2.05) is 6.07 Å².